The van der Waals surface area contributed by atoms with E-state index in [4.69, 9.17) is 24.5 Å². The van der Waals surface area contributed by atoms with E-state index >= 15 is 0 Å². The second kappa shape index (κ2) is 24.8. The van der Waals surface area contributed by atoms with Crippen molar-refractivity contribution in [2.75, 3.05) is 23.7 Å². The van der Waals surface area contributed by atoms with Gasteiger partial charge in [0.2, 0.25) is 5.91 Å². The zero-order valence-electron chi connectivity index (χ0n) is 43.0. The van der Waals surface area contributed by atoms with Crippen LogP contribution in [0.5, 0.6) is 23.0 Å². The Bertz CT molecular complexity index is 3510. The van der Waals surface area contributed by atoms with Crippen LogP contribution < -0.4 is 20.1 Å². The van der Waals surface area contributed by atoms with Crippen molar-refractivity contribution >= 4 is 73.6 Å². The fourth-order valence-electron chi connectivity index (χ4n) is 9.20. The minimum absolute atomic E-state index is 0.122. The molecule has 1 saturated carbocycles. The molecule has 1 aliphatic heterocycles. The number of benzene rings is 4. The minimum atomic E-state index is -0.833. The van der Waals surface area contributed by atoms with Crippen LogP contribution in [0.3, 0.4) is 0 Å². The van der Waals surface area contributed by atoms with Gasteiger partial charge in [0.25, 0.3) is 5.97 Å². The second-order valence-electron chi connectivity index (χ2n) is 18.6. The van der Waals surface area contributed by atoms with Gasteiger partial charge >= 0.3 is 5.97 Å². The fourth-order valence-corrected chi connectivity index (χ4v) is 9.20. The number of ether oxygens (including phenoxy) is 2. The van der Waals surface area contributed by atoms with Crippen LogP contribution in [0.15, 0.2) is 122 Å². The molecule has 12 rings (SSSR count). The van der Waals surface area contributed by atoms with Crippen molar-refractivity contribution in [2.24, 2.45) is 0 Å². The first-order valence-electron chi connectivity index (χ1n) is 25.9. The molecule has 1 aliphatic carbocycles. The Hall–Kier alpha value is -9.33. The number of para-hydroxylation sites is 4. The Morgan fingerprint density at radius 3 is 1.52 bits per heavy atom. The van der Waals surface area contributed by atoms with Crippen molar-refractivity contribution in [3.8, 4) is 45.8 Å². The van der Waals surface area contributed by atoms with Crippen LogP contribution in [0.4, 0.5) is 11.6 Å². The number of amides is 1. The van der Waals surface area contributed by atoms with Crippen molar-refractivity contribution < 1.29 is 34.1 Å². The molecule has 20 nitrogen and oxygen atoms in total. The number of carbonyl (C=O) groups is 3. The van der Waals surface area contributed by atoms with Gasteiger partial charge in [0, 0.05) is 80.6 Å². The highest BCUT2D eigenvalue weighted by atomic mass is 16.5. The van der Waals surface area contributed by atoms with E-state index in [1.54, 1.807) is 19.3 Å². The zero-order valence-corrected chi connectivity index (χ0v) is 43.0. The van der Waals surface area contributed by atoms with E-state index in [1.165, 1.54) is 32.1 Å². The highest BCUT2D eigenvalue weighted by Crippen LogP contribution is 2.37. The number of carboxylic acid groups (broad SMARTS) is 2. The minimum Gasteiger partial charge on any atom is -0.481 e. The molecule has 396 valence electrons. The van der Waals surface area contributed by atoms with Gasteiger partial charge in [-0.25, -0.2) is 19.9 Å². The summed E-state index contributed by atoms with van der Waals surface area (Å²) in [5, 5.41) is 38.9. The summed E-state index contributed by atoms with van der Waals surface area (Å²) < 4.78 is 12.5. The number of likely N-dealkylation sites (tertiary alicyclic amines) is 1. The Morgan fingerprint density at radius 2 is 1.06 bits per heavy atom. The van der Waals surface area contributed by atoms with E-state index in [0.29, 0.717) is 42.0 Å². The number of pyridine rings is 2. The number of nitrogens with zero attached hydrogens (tertiary/aromatic N) is 7. The molecule has 1 amide bonds. The number of nitrogens with one attached hydrogen (secondary N) is 6. The number of anilines is 2. The average molecular weight is 1040 g/mol. The Morgan fingerprint density at radius 1 is 0.610 bits per heavy atom. The summed E-state index contributed by atoms with van der Waals surface area (Å²) in [5.74, 6) is 4.61. The van der Waals surface area contributed by atoms with Crippen molar-refractivity contribution in [1.29, 1.82) is 0 Å². The highest BCUT2D eigenvalue weighted by molar-refractivity contribution is 5.94. The van der Waals surface area contributed by atoms with Gasteiger partial charge in [-0.15, -0.1) is 0 Å². The molecule has 0 bridgehead atoms. The zero-order chi connectivity index (χ0) is 53.7. The summed E-state index contributed by atoms with van der Waals surface area (Å²) in [5.41, 5.74) is 7.29. The molecule has 8 N–H and O–H groups in total. The summed E-state index contributed by atoms with van der Waals surface area (Å²) >= 11 is 0. The molecule has 0 spiro atoms. The molecule has 20 heteroatoms. The third-order valence-electron chi connectivity index (χ3n) is 13.0. The van der Waals surface area contributed by atoms with Gasteiger partial charge in [0.05, 0.1) is 22.1 Å². The number of aromatic amines is 4. The van der Waals surface area contributed by atoms with E-state index in [0.717, 1.165) is 105 Å². The SMILES string of the molecule is CC(=O)O.CCC(=O)N1CCC[C@@H](Nc2n[nH]c3nccc(Oc4ccc(-c5nc6ccccc6[nH]5)cc4)c23)C1.CCC(=O)O.c1ccc2[nH]c(-c3ccc(Oc4ccnc5[nH]nc(NC6CCCCC6)c45)cc3)nc2c1. The summed E-state index contributed by atoms with van der Waals surface area (Å²) in [7, 11) is 0. The van der Waals surface area contributed by atoms with Gasteiger partial charge < -0.3 is 45.2 Å². The van der Waals surface area contributed by atoms with Gasteiger partial charge in [-0.2, -0.15) is 10.2 Å². The molecule has 1 saturated heterocycles. The molecule has 2 aliphatic rings. The maximum absolute atomic E-state index is 12.2. The first-order valence-corrected chi connectivity index (χ1v) is 25.9. The summed E-state index contributed by atoms with van der Waals surface area (Å²) in [4.78, 5) is 57.4. The lowest BCUT2D eigenvalue weighted by Gasteiger charge is -2.33. The van der Waals surface area contributed by atoms with Crippen LogP contribution in [-0.4, -0.2) is 108 Å². The van der Waals surface area contributed by atoms with Crippen LogP contribution in [-0.2, 0) is 14.4 Å². The molecule has 0 unspecified atom stereocenters. The quantitative estimate of drug-likeness (QED) is 0.0565. The number of imidazole rings is 2. The Kier molecular flexibility index (Phi) is 16.9. The lowest BCUT2D eigenvalue weighted by Crippen LogP contribution is -2.44. The number of hydrogen-bond donors (Lipinski definition) is 8. The second-order valence-corrected chi connectivity index (χ2v) is 18.6. The molecule has 2 fully saturated rings. The number of aromatic nitrogens is 10. The maximum atomic E-state index is 12.2. The predicted molar refractivity (Wildman–Crippen MR) is 296 cm³/mol. The maximum Gasteiger partial charge on any atom is 0.303 e. The Balaban J connectivity index is 0.000000163. The van der Waals surface area contributed by atoms with Crippen LogP contribution >= 0.6 is 0 Å². The number of rotatable bonds is 12. The number of fused-ring (bicyclic) bond motifs is 4. The first-order chi connectivity index (χ1) is 37.5. The van der Waals surface area contributed by atoms with Crippen molar-refractivity contribution in [3.05, 3.63) is 122 Å². The number of aliphatic carboxylic acids is 2. The van der Waals surface area contributed by atoms with Gasteiger partial charge in [-0.3, -0.25) is 24.6 Å². The lowest BCUT2D eigenvalue weighted by atomic mass is 9.95. The number of carboxylic acids is 2. The Labute approximate surface area is 443 Å². The molecular weight excluding hydrogens is 979 g/mol. The molecule has 1 atom stereocenters. The average Bonchev–Trinajstić information content (AvgIpc) is 4.29. The fraction of sp³-hybridized carbons (Fsp3) is 0.281. The molecule has 4 aromatic carbocycles. The van der Waals surface area contributed by atoms with Crippen LogP contribution in [0.1, 0.15) is 78.6 Å². The van der Waals surface area contributed by atoms with Gasteiger partial charge in [-0.1, -0.05) is 57.4 Å². The molecule has 7 heterocycles. The number of hydrogen-bond acceptors (Lipinski definition) is 13. The summed E-state index contributed by atoms with van der Waals surface area (Å²) in [6.07, 6.45) is 12.3. The third kappa shape index (κ3) is 13.3. The first kappa shape index (κ1) is 52.5. The predicted octanol–water partition coefficient (Wildman–Crippen LogP) is 11.7. The van der Waals surface area contributed by atoms with Crippen LogP contribution in [0.25, 0.3) is 66.9 Å². The summed E-state index contributed by atoms with van der Waals surface area (Å²) in [6, 6.07) is 36.1. The van der Waals surface area contributed by atoms with Gasteiger partial charge in [0.15, 0.2) is 22.9 Å². The molecule has 6 aromatic heterocycles. The van der Waals surface area contributed by atoms with E-state index < -0.39 is 11.9 Å². The summed E-state index contributed by atoms with van der Waals surface area (Å²) in [6.45, 7) is 6.06. The van der Waals surface area contributed by atoms with E-state index in [9.17, 15) is 9.59 Å². The lowest BCUT2D eigenvalue weighted by molar-refractivity contribution is -0.137. The van der Waals surface area contributed by atoms with E-state index in [-0.39, 0.29) is 18.4 Å². The number of carbonyl (C=O) groups excluding carboxylic acids is 1. The normalized spacial score (nSPS) is 14.4. The van der Waals surface area contributed by atoms with E-state index in [2.05, 4.69) is 60.9 Å². The van der Waals surface area contributed by atoms with Crippen LogP contribution in [0.2, 0.25) is 0 Å². The van der Waals surface area contributed by atoms with E-state index in [1.807, 2.05) is 121 Å². The van der Waals surface area contributed by atoms with Crippen molar-refractivity contribution in [1.82, 2.24) is 55.2 Å². The molecule has 10 aromatic rings. The van der Waals surface area contributed by atoms with Crippen LogP contribution in [0, 0.1) is 0 Å². The van der Waals surface area contributed by atoms with Crippen molar-refractivity contribution in [3.63, 3.8) is 0 Å². The largest absolute Gasteiger partial charge is 0.481 e. The van der Waals surface area contributed by atoms with Crippen molar-refractivity contribution in [2.45, 2.75) is 90.6 Å². The number of piperidine rings is 1. The smallest absolute Gasteiger partial charge is 0.303 e. The highest BCUT2D eigenvalue weighted by Gasteiger charge is 2.25. The topological polar surface area (TPSA) is 278 Å². The molecule has 77 heavy (non-hydrogen) atoms. The van der Waals surface area contributed by atoms with Gasteiger partial charge in [0.1, 0.15) is 45.4 Å². The van der Waals surface area contributed by atoms with Gasteiger partial charge in [-0.05, 0) is 98.5 Å². The number of H-pyrrole nitrogens is 4. The molecular formula is C57H61N13O7. The monoisotopic (exact) mass is 1040 g/mol. The molecule has 0 radical (unpaired) electrons. The third-order valence-corrected chi connectivity index (χ3v) is 13.0. The standard InChI is InChI=1S/C27H27N7O2.C25H24N6O.C3H6O2.C2H4O2/c1-2-23(35)34-15-5-6-18(16-34)29-27-24-22(13-14-28-26(24)32-33-27)36-19-11-9-17(10-12-19)25-30-20-7-3-4-8-21(20)31-25;1-2-6-17(7-3-1)27-25-22-21(14-15-26-24(22)30-31-25)32-18-12-10-16(11-13-18)23-28-19-8-4-5-9-20(19)29-23;1-2-3(4)5;1-2(3)4/h3-4,7-14,18H,2,5-6,15-16H2,1H3,(H,30,31)(H2,28,29,32,33);4-5,8-15,17H,1-3,6-7H2,(H,28,29)(H2,26,27,30,31);2H2,1H3,(H,4,5);1H3,(H,3,4)/t18-;;;/m1.../s1.